The number of hydrogen-bond acceptors (Lipinski definition) is 2. The second-order valence-corrected chi connectivity index (χ2v) is 6.70. The summed E-state index contributed by atoms with van der Waals surface area (Å²) in [5.74, 6) is 0.740. The maximum atomic E-state index is 12.6. The van der Waals surface area contributed by atoms with E-state index in [9.17, 15) is 18.0 Å². The van der Waals surface area contributed by atoms with Crippen LogP contribution < -0.4 is 10.6 Å². The average molecular weight is 379 g/mol. The van der Waals surface area contributed by atoms with Gasteiger partial charge in [-0.3, -0.25) is 4.79 Å². The van der Waals surface area contributed by atoms with E-state index in [1.807, 2.05) is 0 Å². The maximum Gasteiger partial charge on any atom is 0.416 e. The minimum atomic E-state index is -4.34. The first kappa shape index (κ1) is 21.8. The molecule has 2 rings (SSSR count). The van der Waals surface area contributed by atoms with Crippen LogP contribution in [-0.2, 0) is 11.0 Å². The van der Waals surface area contributed by atoms with E-state index >= 15 is 0 Å². The van der Waals surface area contributed by atoms with Gasteiger partial charge in [-0.15, -0.1) is 12.4 Å². The van der Waals surface area contributed by atoms with Crippen LogP contribution in [0.3, 0.4) is 0 Å². The van der Waals surface area contributed by atoms with Gasteiger partial charge in [0.1, 0.15) is 0 Å². The minimum absolute atomic E-state index is 0. The Morgan fingerprint density at radius 3 is 2.44 bits per heavy atom. The van der Waals surface area contributed by atoms with Gasteiger partial charge in [0.2, 0.25) is 5.91 Å². The molecule has 0 radical (unpaired) electrons. The molecule has 1 heterocycles. The minimum Gasteiger partial charge on any atom is -0.350 e. The molecule has 3 nitrogen and oxygen atoms in total. The Morgan fingerprint density at radius 2 is 1.92 bits per heavy atom. The van der Waals surface area contributed by atoms with Crippen molar-refractivity contribution >= 4 is 18.3 Å². The molecule has 2 N–H and O–H groups in total. The fourth-order valence-corrected chi connectivity index (χ4v) is 3.17. The maximum absolute atomic E-state index is 12.6. The van der Waals surface area contributed by atoms with Crippen molar-refractivity contribution in [2.45, 2.75) is 45.3 Å². The molecule has 3 unspecified atom stereocenters. The molecule has 1 aliphatic rings. The van der Waals surface area contributed by atoms with Crippen LogP contribution in [0.2, 0.25) is 0 Å². The summed E-state index contributed by atoms with van der Waals surface area (Å²) in [7, 11) is 0. The molecule has 0 saturated carbocycles. The van der Waals surface area contributed by atoms with E-state index < -0.39 is 11.7 Å². The summed E-state index contributed by atoms with van der Waals surface area (Å²) in [6, 6.07) is 4.63. The lowest BCUT2D eigenvalue weighted by molar-refractivity contribution is -0.137. The van der Waals surface area contributed by atoms with Gasteiger partial charge in [0.15, 0.2) is 0 Å². The lowest BCUT2D eigenvalue weighted by atomic mass is 9.85. The van der Waals surface area contributed by atoms with Crippen LogP contribution in [0.5, 0.6) is 0 Å². The predicted molar refractivity (Wildman–Crippen MR) is 94.6 cm³/mol. The molecular formula is C18H26ClF3N2O. The van der Waals surface area contributed by atoms with Crippen LogP contribution in [0.25, 0.3) is 0 Å². The van der Waals surface area contributed by atoms with Gasteiger partial charge in [0, 0.05) is 6.42 Å². The number of carbonyl (C=O) groups is 1. The number of halogens is 4. The second kappa shape index (κ2) is 9.43. The van der Waals surface area contributed by atoms with E-state index in [1.165, 1.54) is 12.1 Å². The molecule has 142 valence electrons. The van der Waals surface area contributed by atoms with E-state index in [-0.39, 0.29) is 30.3 Å². The molecule has 1 aromatic carbocycles. The monoisotopic (exact) mass is 378 g/mol. The van der Waals surface area contributed by atoms with Crippen molar-refractivity contribution in [1.29, 1.82) is 0 Å². The molecular weight excluding hydrogens is 353 g/mol. The van der Waals surface area contributed by atoms with E-state index in [0.29, 0.717) is 17.9 Å². The zero-order chi connectivity index (χ0) is 17.7. The highest BCUT2D eigenvalue weighted by molar-refractivity contribution is 5.85. The van der Waals surface area contributed by atoms with Crippen molar-refractivity contribution in [1.82, 2.24) is 10.6 Å². The molecule has 1 fully saturated rings. The fourth-order valence-electron chi connectivity index (χ4n) is 3.17. The lowest BCUT2D eigenvalue weighted by Crippen LogP contribution is -2.36. The van der Waals surface area contributed by atoms with Crippen molar-refractivity contribution < 1.29 is 18.0 Å². The Kier molecular flexibility index (Phi) is 8.22. The van der Waals surface area contributed by atoms with Gasteiger partial charge >= 0.3 is 6.18 Å². The number of carbonyl (C=O) groups excluding carboxylic acids is 1. The van der Waals surface area contributed by atoms with Crippen LogP contribution >= 0.6 is 12.4 Å². The van der Waals surface area contributed by atoms with Crippen LogP contribution in [0.1, 0.15) is 50.3 Å². The Balaban J connectivity index is 0.00000312. The normalized spacial score (nSPS) is 20.3. The summed E-state index contributed by atoms with van der Waals surface area (Å²) < 4.78 is 37.7. The number of amides is 1. The molecule has 7 heteroatoms. The number of hydrogen-bond donors (Lipinski definition) is 2. The highest BCUT2D eigenvalue weighted by Crippen LogP contribution is 2.30. The van der Waals surface area contributed by atoms with Gasteiger partial charge in [-0.2, -0.15) is 13.2 Å². The fraction of sp³-hybridized carbons (Fsp3) is 0.611. The number of alkyl halides is 3. The smallest absolute Gasteiger partial charge is 0.350 e. The van der Waals surface area contributed by atoms with Crippen molar-refractivity contribution in [2.75, 3.05) is 13.1 Å². The van der Waals surface area contributed by atoms with Crippen molar-refractivity contribution in [2.24, 2.45) is 11.8 Å². The molecule has 1 amide bonds. The van der Waals surface area contributed by atoms with Gasteiger partial charge in [0.05, 0.1) is 11.6 Å². The summed E-state index contributed by atoms with van der Waals surface area (Å²) in [4.78, 5) is 12.2. The summed E-state index contributed by atoms with van der Waals surface area (Å²) in [6.45, 7) is 5.86. The first-order valence-corrected chi connectivity index (χ1v) is 8.44. The number of nitrogens with one attached hydrogen (secondary N) is 2. The Hall–Kier alpha value is -1.27. The van der Waals surface area contributed by atoms with Crippen molar-refractivity contribution in [3.8, 4) is 0 Å². The van der Waals surface area contributed by atoms with Crippen LogP contribution in [0.15, 0.2) is 24.3 Å². The standard InChI is InChI=1S/C18H25F3N2O.ClH/c1-12(15-4-3-9-22-11-15)10-17(24)23-13(2)14-5-7-16(8-6-14)18(19,20)21;/h5-8,12-13,15,22H,3-4,9-11H2,1-2H3,(H,23,24);1H. The van der Waals surface area contributed by atoms with E-state index in [4.69, 9.17) is 0 Å². The van der Waals surface area contributed by atoms with Gasteiger partial charge in [-0.1, -0.05) is 19.1 Å². The quantitative estimate of drug-likeness (QED) is 0.800. The van der Waals surface area contributed by atoms with Crippen LogP contribution in [-0.4, -0.2) is 19.0 Å². The number of rotatable bonds is 5. The predicted octanol–water partition coefficient (Wildman–Crippen LogP) is 4.33. The topological polar surface area (TPSA) is 41.1 Å². The second-order valence-electron chi connectivity index (χ2n) is 6.70. The van der Waals surface area contributed by atoms with E-state index in [0.717, 1.165) is 38.1 Å². The zero-order valence-electron chi connectivity index (χ0n) is 14.5. The van der Waals surface area contributed by atoms with Gasteiger partial charge in [-0.25, -0.2) is 0 Å². The molecule has 1 aliphatic heterocycles. The molecule has 0 bridgehead atoms. The molecule has 0 aliphatic carbocycles. The molecule has 1 saturated heterocycles. The third-order valence-electron chi connectivity index (χ3n) is 4.76. The summed E-state index contributed by atoms with van der Waals surface area (Å²) in [5, 5.41) is 6.23. The van der Waals surface area contributed by atoms with Crippen LogP contribution in [0, 0.1) is 11.8 Å². The van der Waals surface area contributed by atoms with E-state index in [1.54, 1.807) is 6.92 Å². The largest absolute Gasteiger partial charge is 0.416 e. The summed E-state index contributed by atoms with van der Waals surface area (Å²) in [5.41, 5.74) is -0.00784. The third-order valence-corrected chi connectivity index (χ3v) is 4.76. The van der Waals surface area contributed by atoms with Gasteiger partial charge in [0.25, 0.3) is 0 Å². The first-order chi connectivity index (χ1) is 11.3. The van der Waals surface area contributed by atoms with Crippen molar-refractivity contribution in [3.63, 3.8) is 0 Å². The van der Waals surface area contributed by atoms with E-state index in [2.05, 4.69) is 17.6 Å². The SMILES string of the molecule is CC(NC(=O)CC(C)C1CCCNC1)c1ccc(C(F)(F)F)cc1.Cl. The third kappa shape index (κ3) is 6.51. The van der Waals surface area contributed by atoms with Crippen molar-refractivity contribution in [3.05, 3.63) is 35.4 Å². The lowest BCUT2D eigenvalue weighted by Gasteiger charge is -2.28. The van der Waals surface area contributed by atoms with Gasteiger partial charge in [-0.05, 0) is 62.4 Å². The van der Waals surface area contributed by atoms with Gasteiger partial charge < -0.3 is 10.6 Å². The van der Waals surface area contributed by atoms with Crippen LogP contribution in [0.4, 0.5) is 13.2 Å². The number of piperidine rings is 1. The summed E-state index contributed by atoms with van der Waals surface area (Å²) in [6.07, 6.45) is -1.62. The molecule has 0 aromatic heterocycles. The number of benzene rings is 1. The molecule has 0 spiro atoms. The highest BCUT2D eigenvalue weighted by Gasteiger charge is 2.30. The Bertz CT molecular complexity index is 542. The summed E-state index contributed by atoms with van der Waals surface area (Å²) >= 11 is 0. The molecule has 3 atom stereocenters. The highest BCUT2D eigenvalue weighted by atomic mass is 35.5. The molecule has 1 aromatic rings. The molecule has 25 heavy (non-hydrogen) atoms. The zero-order valence-corrected chi connectivity index (χ0v) is 15.3. The first-order valence-electron chi connectivity index (χ1n) is 8.44. The Labute approximate surface area is 153 Å². The Morgan fingerprint density at radius 1 is 1.28 bits per heavy atom. The average Bonchev–Trinajstić information content (AvgIpc) is 2.54.